The van der Waals surface area contributed by atoms with E-state index in [0.29, 0.717) is 22.4 Å². The minimum Gasteiger partial charge on any atom is -0.399 e. The Labute approximate surface area is 92.0 Å². The second-order valence-electron chi connectivity index (χ2n) is 3.31. The van der Waals surface area contributed by atoms with Crippen LogP contribution in [0.25, 0.3) is 11.1 Å². The van der Waals surface area contributed by atoms with Gasteiger partial charge in [0.15, 0.2) is 0 Å². The van der Waals surface area contributed by atoms with Crippen molar-refractivity contribution in [3.8, 4) is 17.2 Å². The summed E-state index contributed by atoms with van der Waals surface area (Å²) in [6.07, 6.45) is 2.61. The first kappa shape index (κ1) is 10.1. The van der Waals surface area contributed by atoms with Crippen LogP contribution < -0.4 is 5.73 Å². The number of nitrogens with zero attached hydrogens (tertiary/aromatic N) is 2. The maximum absolute atomic E-state index is 13.0. The highest BCUT2D eigenvalue weighted by atomic mass is 19.1. The van der Waals surface area contributed by atoms with Crippen molar-refractivity contribution in [1.29, 1.82) is 5.26 Å². The maximum atomic E-state index is 13.0. The van der Waals surface area contributed by atoms with E-state index in [1.807, 2.05) is 6.07 Å². The van der Waals surface area contributed by atoms with E-state index in [1.54, 1.807) is 18.2 Å². The summed E-state index contributed by atoms with van der Waals surface area (Å²) >= 11 is 0. The van der Waals surface area contributed by atoms with Crippen LogP contribution in [-0.4, -0.2) is 4.98 Å². The monoisotopic (exact) mass is 213 g/mol. The van der Waals surface area contributed by atoms with E-state index in [-0.39, 0.29) is 0 Å². The molecule has 1 aromatic carbocycles. The summed E-state index contributed by atoms with van der Waals surface area (Å²) in [6, 6.07) is 8.23. The van der Waals surface area contributed by atoms with E-state index in [4.69, 9.17) is 11.0 Å². The highest BCUT2D eigenvalue weighted by Gasteiger charge is 2.06. The van der Waals surface area contributed by atoms with Crippen LogP contribution in [0.1, 0.15) is 5.56 Å². The van der Waals surface area contributed by atoms with Crippen molar-refractivity contribution in [1.82, 2.24) is 4.98 Å². The van der Waals surface area contributed by atoms with Gasteiger partial charge in [-0.3, -0.25) is 4.98 Å². The molecule has 3 nitrogen and oxygen atoms in total. The first-order valence-electron chi connectivity index (χ1n) is 4.61. The average molecular weight is 213 g/mol. The third kappa shape index (κ3) is 1.84. The minimum atomic E-state index is -0.441. The summed E-state index contributed by atoms with van der Waals surface area (Å²) in [5.74, 6) is -0.441. The lowest BCUT2D eigenvalue weighted by Gasteiger charge is -2.04. The summed E-state index contributed by atoms with van der Waals surface area (Å²) < 4.78 is 13.0. The fourth-order valence-electron chi connectivity index (χ4n) is 1.46. The van der Waals surface area contributed by atoms with Crippen molar-refractivity contribution in [3.63, 3.8) is 0 Å². The van der Waals surface area contributed by atoms with Gasteiger partial charge in [0.1, 0.15) is 5.82 Å². The van der Waals surface area contributed by atoms with Crippen molar-refractivity contribution in [2.24, 2.45) is 0 Å². The number of halogens is 1. The van der Waals surface area contributed by atoms with Gasteiger partial charge in [0, 0.05) is 23.0 Å². The molecule has 0 saturated carbocycles. The normalized spacial score (nSPS) is 9.75. The minimum absolute atomic E-state index is 0.441. The number of benzene rings is 1. The van der Waals surface area contributed by atoms with E-state index in [9.17, 15) is 4.39 Å². The number of hydrogen-bond acceptors (Lipinski definition) is 3. The van der Waals surface area contributed by atoms with Crippen LogP contribution in [0.5, 0.6) is 0 Å². The molecule has 4 heteroatoms. The van der Waals surface area contributed by atoms with E-state index in [1.165, 1.54) is 12.3 Å². The Morgan fingerprint density at radius 3 is 2.75 bits per heavy atom. The number of pyridine rings is 1. The van der Waals surface area contributed by atoms with Gasteiger partial charge in [-0.15, -0.1) is 0 Å². The number of rotatable bonds is 1. The topological polar surface area (TPSA) is 62.7 Å². The lowest BCUT2D eigenvalue weighted by atomic mass is 10.0. The first-order chi connectivity index (χ1) is 7.70. The Morgan fingerprint density at radius 1 is 1.25 bits per heavy atom. The SMILES string of the molecule is N#Cc1ccc(N)cc1-c1cncc(F)c1. The van der Waals surface area contributed by atoms with E-state index >= 15 is 0 Å². The Bertz CT molecular complexity index is 573. The molecule has 1 heterocycles. The highest BCUT2D eigenvalue weighted by molar-refractivity contribution is 5.73. The van der Waals surface area contributed by atoms with Crippen LogP contribution in [0, 0.1) is 17.1 Å². The number of nitrogen functional groups attached to an aromatic ring is 1. The molecule has 0 bridgehead atoms. The van der Waals surface area contributed by atoms with Crippen LogP contribution >= 0.6 is 0 Å². The van der Waals surface area contributed by atoms with E-state index in [0.717, 1.165) is 6.20 Å². The third-order valence-electron chi connectivity index (χ3n) is 2.18. The van der Waals surface area contributed by atoms with Gasteiger partial charge in [0.25, 0.3) is 0 Å². The van der Waals surface area contributed by atoms with E-state index < -0.39 is 5.82 Å². The van der Waals surface area contributed by atoms with Crippen molar-refractivity contribution in [3.05, 3.63) is 48.0 Å². The summed E-state index contributed by atoms with van der Waals surface area (Å²) in [4.78, 5) is 3.74. The molecule has 78 valence electrons. The number of nitrogens with two attached hydrogens (primary N) is 1. The fourth-order valence-corrected chi connectivity index (χ4v) is 1.46. The Morgan fingerprint density at radius 2 is 2.06 bits per heavy atom. The molecule has 0 spiro atoms. The summed E-state index contributed by atoms with van der Waals surface area (Å²) in [6.45, 7) is 0. The first-order valence-corrected chi connectivity index (χ1v) is 4.61. The average Bonchev–Trinajstić information content (AvgIpc) is 2.29. The van der Waals surface area contributed by atoms with E-state index in [2.05, 4.69) is 4.98 Å². The molecule has 0 amide bonds. The van der Waals surface area contributed by atoms with Crippen LogP contribution in [0.4, 0.5) is 10.1 Å². The Balaban J connectivity index is 2.64. The van der Waals surface area contributed by atoms with Crippen LogP contribution in [0.3, 0.4) is 0 Å². The predicted molar refractivity (Wildman–Crippen MR) is 58.8 cm³/mol. The third-order valence-corrected chi connectivity index (χ3v) is 2.18. The Hall–Kier alpha value is -2.41. The number of hydrogen-bond donors (Lipinski definition) is 1. The smallest absolute Gasteiger partial charge is 0.142 e. The molecule has 16 heavy (non-hydrogen) atoms. The predicted octanol–water partition coefficient (Wildman–Crippen LogP) is 2.34. The molecule has 2 aromatic rings. The molecule has 1 aromatic heterocycles. The molecule has 0 radical (unpaired) electrons. The summed E-state index contributed by atoms with van der Waals surface area (Å²) in [7, 11) is 0. The standard InChI is InChI=1S/C12H8FN3/c13-10-3-9(6-16-7-10)12-4-11(15)2-1-8(12)5-14/h1-4,6-7H,15H2. The van der Waals surface area contributed by atoms with Crippen LogP contribution in [-0.2, 0) is 0 Å². The molecule has 0 atom stereocenters. The van der Waals surface area contributed by atoms with Gasteiger partial charge in [-0.25, -0.2) is 4.39 Å². The maximum Gasteiger partial charge on any atom is 0.142 e. The molecule has 0 aliphatic rings. The van der Waals surface area contributed by atoms with Gasteiger partial charge in [0.2, 0.25) is 0 Å². The fraction of sp³-hybridized carbons (Fsp3) is 0. The van der Waals surface area contributed by atoms with Gasteiger partial charge in [-0.1, -0.05) is 0 Å². The van der Waals surface area contributed by atoms with Gasteiger partial charge in [0.05, 0.1) is 17.8 Å². The summed E-state index contributed by atoms with van der Waals surface area (Å²) in [5.41, 5.74) is 7.74. The van der Waals surface area contributed by atoms with Crippen molar-refractivity contribution >= 4 is 5.69 Å². The molecule has 0 fully saturated rings. The van der Waals surface area contributed by atoms with Gasteiger partial charge < -0.3 is 5.73 Å². The van der Waals surface area contributed by atoms with Crippen LogP contribution in [0.2, 0.25) is 0 Å². The summed E-state index contributed by atoms with van der Waals surface area (Å²) in [5, 5.41) is 8.93. The highest BCUT2D eigenvalue weighted by Crippen LogP contribution is 2.25. The molecule has 0 aliphatic heterocycles. The number of nitriles is 1. The second-order valence-corrected chi connectivity index (χ2v) is 3.31. The quantitative estimate of drug-likeness (QED) is 0.739. The molecule has 0 unspecified atom stereocenters. The zero-order valence-corrected chi connectivity index (χ0v) is 8.31. The molecule has 2 rings (SSSR count). The van der Waals surface area contributed by atoms with Gasteiger partial charge >= 0.3 is 0 Å². The largest absolute Gasteiger partial charge is 0.399 e. The zero-order valence-electron chi connectivity index (χ0n) is 8.31. The second kappa shape index (κ2) is 3.99. The Kier molecular flexibility index (Phi) is 2.52. The number of anilines is 1. The van der Waals surface area contributed by atoms with Gasteiger partial charge in [-0.05, 0) is 24.3 Å². The van der Waals surface area contributed by atoms with Crippen molar-refractivity contribution < 1.29 is 4.39 Å². The van der Waals surface area contributed by atoms with Gasteiger partial charge in [-0.2, -0.15) is 5.26 Å². The molecule has 2 N–H and O–H groups in total. The zero-order chi connectivity index (χ0) is 11.5. The lowest BCUT2D eigenvalue weighted by molar-refractivity contribution is 0.622. The van der Waals surface area contributed by atoms with Crippen molar-refractivity contribution in [2.75, 3.05) is 5.73 Å². The van der Waals surface area contributed by atoms with Crippen molar-refractivity contribution in [2.45, 2.75) is 0 Å². The van der Waals surface area contributed by atoms with Crippen LogP contribution in [0.15, 0.2) is 36.7 Å². The molecule has 0 aliphatic carbocycles. The molecular weight excluding hydrogens is 205 g/mol. The molecule has 0 saturated heterocycles. The number of aromatic nitrogens is 1. The lowest BCUT2D eigenvalue weighted by Crippen LogP contribution is -1.91. The molecular formula is C12H8FN3.